The molecule has 0 fully saturated rings. The number of rotatable bonds is 9. The van der Waals surface area contributed by atoms with Crippen molar-refractivity contribution >= 4 is 11.8 Å². The second-order valence-corrected chi connectivity index (χ2v) is 5.83. The van der Waals surface area contributed by atoms with Gasteiger partial charge in [0.25, 0.3) is 0 Å². The molecule has 136 valence electrons. The number of nitrogens with one attached hydrogen (secondary N) is 3. The Balaban J connectivity index is 1.69. The molecule has 0 atom stereocenters. The summed E-state index contributed by atoms with van der Waals surface area (Å²) in [5.74, 6) is 1.73. The molecular formula is C18H29N7. The van der Waals surface area contributed by atoms with Gasteiger partial charge >= 0.3 is 0 Å². The summed E-state index contributed by atoms with van der Waals surface area (Å²) in [7, 11) is 0. The molecule has 25 heavy (non-hydrogen) atoms. The molecule has 0 saturated heterocycles. The fourth-order valence-corrected chi connectivity index (χ4v) is 2.49. The van der Waals surface area contributed by atoms with Gasteiger partial charge in [-0.15, -0.1) is 0 Å². The number of guanidine groups is 1. The predicted octanol–water partition coefficient (Wildman–Crippen LogP) is 1.95. The zero-order valence-electron chi connectivity index (χ0n) is 15.4. The molecule has 0 radical (unpaired) electrons. The third-order valence-corrected chi connectivity index (χ3v) is 3.63. The van der Waals surface area contributed by atoms with Crippen molar-refractivity contribution in [1.29, 1.82) is 0 Å². The van der Waals surface area contributed by atoms with Crippen LogP contribution in [0.5, 0.6) is 0 Å². The average Bonchev–Trinajstić information content (AvgIpc) is 2.93. The smallest absolute Gasteiger partial charge is 0.191 e. The van der Waals surface area contributed by atoms with E-state index in [4.69, 9.17) is 0 Å². The van der Waals surface area contributed by atoms with E-state index in [0.29, 0.717) is 0 Å². The second kappa shape index (κ2) is 10.3. The maximum absolute atomic E-state index is 4.62. The highest BCUT2D eigenvalue weighted by atomic mass is 15.3. The largest absolute Gasteiger partial charge is 0.368 e. The summed E-state index contributed by atoms with van der Waals surface area (Å²) in [4.78, 5) is 8.86. The van der Waals surface area contributed by atoms with Crippen LogP contribution in [0, 0.1) is 13.8 Å². The number of anilines is 1. The van der Waals surface area contributed by atoms with E-state index in [-0.39, 0.29) is 0 Å². The number of pyridine rings is 1. The van der Waals surface area contributed by atoms with E-state index in [1.807, 2.05) is 29.8 Å². The molecule has 3 N–H and O–H groups in total. The van der Waals surface area contributed by atoms with Crippen LogP contribution in [-0.2, 0) is 6.54 Å². The van der Waals surface area contributed by atoms with Crippen molar-refractivity contribution in [2.24, 2.45) is 4.99 Å². The van der Waals surface area contributed by atoms with Gasteiger partial charge in [0.1, 0.15) is 5.82 Å². The maximum atomic E-state index is 4.62. The number of hydrogen-bond donors (Lipinski definition) is 3. The van der Waals surface area contributed by atoms with Gasteiger partial charge in [0, 0.05) is 44.6 Å². The molecule has 0 aliphatic heterocycles. The molecule has 7 nitrogen and oxygen atoms in total. The quantitative estimate of drug-likeness (QED) is 0.368. The number of aryl methyl sites for hydroxylation is 3. The van der Waals surface area contributed by atoms with Gasteiger partial charge in [0.15, 0.2) is 5.96 Å². The molecule has 0 unspecified atom stereocenters. The topological polar surface area (TPSA) is 79.2 Å². The Morgan fingerprint density at radius 1 is 1.20 bits per heavy atom. The Morgan fingerprint density at radius 3 is 2.76 bits per heavy atom. The number of aliphatic imine (C=N–C) groups is 1. The van der Waals surface area contributed by atoms with Gasteiger partial charge in [-0.3, -0.25) is 9.67 Å². The highest BCUT2D eigenvalue weighted by Crippen LogP contribution is 2.02. The molecule has 2 aromatic rings. The van der Waals surface area contributed by atoms with Crippen LogP contribution < -0.4 is 16.0 Å². The fourth-order valence-electron chi connectivity index (χ4n) is 2.49. The third kappa shape index (κ3) is 6.82. The summed E-state index contributed by atoms with van der Waals surface area (Å²) in [6.45, 7) is 10.2. The lowest BCUT2D eigenvalue weighted by molar-refractivity contribution is 0.567. The summed E-state index contributed by atoms with van der Waals surface area (Å²) in [5, 5.41) is 14.3. The molecule has 0 aromatic carbocycles. The second-order valence-electron chi connectivity index (χ2n) is 5.83. The number of aromatic nitrogens is 3. The lowest BCUT2D eigenvalue weighted by atomic mass is 10.4. The van der Waals surface area contributed by atoms with Crippen molar-refractivity contribution in [2.75, 3.05) is 31.5 Å². The highest BCUT2D eigenvalue weighted by molar-refractivity contribution is 5.79. The van der Waals surface area contributed by atoms with Gasteiger partial charge in [-0.2, -0.15) is 5.10 Å². The average molecular weight is 343 g/mol. The van der Waals surface area contributed by atoms with Crippen LogP contribution in [0.2, 0.25) is 0 Å². The van der Waals surface area contributed by atoms with E-state index in [1.165, 1.54) is 5.69 Å². The van der Waals surface area contributed by atoms with E-state index in [0.717, 1.165) is 56.6 Å². The van der Waals surface area contributed by atoms with Crippen molar-refractivity contribution in [2.45, 2.75) is 33.7 Å². The zero-order valence-corrected chi connectivity index (χ0v) is 15.4. The molecule has 0 spiro atoms. The van der Waals surface area contributed by atoms with Crippen molar-refractivity contribution in [1.82, 2.24) is 25.4 Å². The molecule has 0 saturated carbocycles. The number of nitrogens with zero attached hydrogens (tertiary/aromatic N) is 4. The van der Waals surface area contributed by atoms with Crippen molar-refractivity contribution in [3.8, 4) is 0 Å². The van der Waals surface area contributed by atoms with Crippen molar-refractivity contribution < 1.29 is 0 Å². The van der Waals surface area contributed by atoms with Crippen LogP contribution in [0.3, 0.4) is 0 Å². The lowest BCUT2D eigenvalue weighted by Crippen LogP contribution is -2.39. The van der Waals surface area contributed by atoms with E-state index in [2.05, 4.69) is 50.9 Å². The van der Waals surface area contributed by atoms with E-state index in [1.54, 1.807) is 6.20 Å². The first-order valence-corrected chi connectivity index (χ1v) is 8.87. The van der Waals surface area contributed by atoms with Crippen LogP contribution >= 0.6 is 0 Å². The lowest BCUT2D eigenvalue weighted by Gasteiger charge is -2.12. The Bertz CT molecular complexity index is 649. The minimum atomic E-state index is 0.765. The minimum absolute atomic E-state index is 0.765. The van der Waals surface area contributed by atoms with Gasteiger partial charge < -0.3 is 16.0 Å². The predicted molar refractivity (Wildman–Crippen MR) is 103 cm³/mol. The molecule has 7 heteroatoms. The highest BCUT2D eigenvalue weighted by Gasteiger charge is 2.01. The summed E-state index contributed by atoms with van der Waals surface area (Å²) in [6, 6.07) is 7.93. The third-order valence-electron chi connectivity index (χ3n) is 3.63. The molecule has 2 aromatic heterocycles. The van der Waals surface area contributed by atoms with Gasteiger partial charge in [-0.05, 0) is 45.4 Å². The SMILES string of the molecule is CCNC(=NCCCn1nc(C)cc1C)NCCNc1ccccn1. The van der Waals surface area contributed by atoms with Crippen LogP contribution in [0.25, 0.3) is 0 Å². The molecule has 0 amide bonds. The monoisotopic (exact) mass is 343 g/mol. The first kappa shape index (κ1) is 18.8. The van der Waals surface area contributed by atoms with Crippen LogP contribution in [0.1, 0.15) is 24.7 Å². The molecule has 0 bridgehead atoms. The molecule has 0 aliphatic rings. The first-order chi connectivity index (χ1) is 12.2. The van der Waals surface area contributed by atoms with E-state index >= 15 is 0 Å². The summed E-state index contributed by atoms with van der Waals surface area (Å²) >= 11 is 0. The van der Waals surface area contributed by atoms with Crippen molar-refractivity contribution in [3.05, 3.63) is 41.9 Å². The van der Waals surface area contributed by atoms with Crippen molar-refractivity contribution in [3.63, 3.8) is 0 Å². The fraction of sp³-hybridized carbons (Fsp3) is 0.500. The van der Waals surface area contributed by atoms with Gasteiger partial charge in [-0.1, -0.05) is 6.07 Å². The number of hydrogen-bond acceptors (Lipinski definition) is 4. The summed E-state index contributed by atoms with van der Waals surface area (Å²) in [5.41, 5.74) is 2.27. The molecular weight excluding hydrogens is 314 g/mol. The van der Waals surface area contributed by atoms with Gasteiger partial charge in [0.2, 0.25) is 0 Å². The summed E-state index contributed by atoms with van der Waals surface area (Å²) < 4.78 is 2.04. The Kier molecular flexibility index (Phi) is 7.75. The Hall–Kier alpha value is -2.57. The standard InChI is InChI=1S/C18H29N7/c1-4-19-18(23-12-11-21-17-8-5-6-9-20-17)22-10-7-13-25-16(3)14-15(2)24-25/h5-6,8-9,14H,4,7,10-13H2,1-3H3,(H,20,21)(H2,19,22,23). The van der Waals surface area contributed by atoms with Gasteiger partial charge in [0.05, 0.1) is 5.69 Å². The summed E-state index contributed by atoms with van der Waals surface area (Å²) in [6.07, 6.45) is 2.74. The van der Waals surface area contributed by atoms with Crippen LogP contribution in [-0.4, -0.2) is 46.9 Å². The molecule has 2 heterocycles. The Labute approximate surface area is 150 Å². The van der Waals surface area contributed by atoms with Crippen LogP contribution in [0.4, 0.5) is 5.82 Å². The van der Waals surface area contributed by atoms with E-state index < -0.39 is 0 Å². The minimum Gasteiger partial charge on any atom is -0.368 e. The maximum Gasteiger partial charge on any atom is 0.191 e. The first-order valence-electron chi connectivity index (χ1n) is 8.87. The van der Waals surface area contributed by atoms with E-state index in [9.17, 15) is 0 Å². The van der Waals surface area contributed by atoms with Crippen LogP contribution in [0.15, 0.2) is 35.5 Å². The Morgan fingerprint density at radius 2 is 2.08 bits per heavy atom. The molecule has 0 aliphatic carbocycles. The molecule has 2 rings (SSSR count). The van der Waals surface area contributed by atoms with Gasteiger partial charge in [-0.25, -0.2) is 4.98 Å². The zero-order chi connectivity index (χ0) is 17.9. The normalized spacial score (nSPS) is 11.4.